The average molecular weight is 344 g/mol. The molecule has 0 unspecified atom stereocenters. The summed E-state index contributed by atoms with van der Waals surface area (Å²) in [6.07, 6.45) is -0.369. The van der Waals surface area contributed by atoms with Crippen LogP contribution in [0.3, 0.4) is 0 Å². The quantitative estimate of drug-likeness (QED) is 0.897. The molecule has 1 N–H and O–H groups in total. The van der Waals surface area contributed by atoms with Crippen LogP contribution in [0.2, 0.25) is 0 Å². The second-order valence-corrected chi connectivity index (χ2v) is 7.01. The first-order valence-corrected chi connectivity index (χ1v) is 8.83. The van der Waals surface area contributed by atoms with E-state index in [1.165, 1.54) is 4.90 Å². The Morgan fingerprint density at radius 2 is 2.12 bits per heavy atom. The van der Waals surface area contributed by atoms with Gasteiger partial charge in [0.2, 0.25) is 0 Å². The second kappa shape index (κ2) is 7.05. The van der Waals surface area contributed by atoms with Gasteiger partial charge in [-0.3, -0.25) is 9.69 Å². The third-order valence-corrected chi connectivity index (χ3v) is 4.94. The second-order valence-electron chi connectivity index (χ2n) is 6.03. The highest BCUT2D eigenvalue weighted by molar-refractivity contribution is 7.10. The predicted molar refractivity (Wildman–Crippen MR) is 94.5 cm³/mol. The molecule has 1 atom stereocenters. The molecule has 2 aromatic rings. The molecule has 1 aliphatic heterocycles. The van der Waals surface area contributed by atoms with Gasteiger partial charge in [0, 0.05) is 16.1 Å². The van der Waals surface area contributed by atoms with Crippen LogP contribution in [-0.4, -0.2) is 25.2 Å². The van der Waals surface area contributed by atoms with Crippen molar-refractivity contribution in [3.8, 4) is 0 Å². The van der Waals surface area contributed by atoms with Crippen LogP contribution in [0.4, 0.5) is 10.5 Å². The highest BCUT2D eigenvalue weighted by Crippen LogP contribution is 2.27. The van der Waals surface area contributed by atoms with Gasteiger partial charge >= 0.3 is 6.09 Å². The number of anilines is 1. The minimum absolute atomic E-state index is 0.0297. The Labute approximate surface area is 145 Å². The third-order valence-electron chi connectivity index (χ3n) is 3.98. The smallest absolute Gasteiger partial charge is 0.414 e. The Hall–Kier alpha value is -2.34. The standard InChI is InChI=1S/C18H20N2O3S/c1-12(2)16(15-7-4-10-24-15)19-17(21)13-5-3-6-14(11-13)20-8-9-23-18(20)22/h3-7,10-12,16H,8-9H2,1-2H3,(H,19,21)/t16-/m0/s1. The van der Waals surface area contributed by atoms with Gasteiger partial charge in [0.15, 0.2) is 0 Å². The number of ether oxygens (including phenoxy) is 1. The number of nitrogens with one attached hydrogen (secondary N) is 1. The topological polar surface area (TPSA) is 58.6 Å². The molecule has 0 spiro atoms. The Balaban J connectivity index is 1.78. The normalized spacial score (nSPS) is 15.5. The van der Waals surface area contributed by atoms with Crippen LogP contribution in [-0.2, 0) is 4.74 Å². The number of cyclic esters (lactones) is 1. The van der Waals surface area contributed by atoms with E-state index in [-0.39, 0.29) is 24.0 Å². The van der Waals surface area contributed by atoms with E-state index in [9.17, 15) is 9.59 Å². The molecule has 5 nitrogen and oxygen atoms in total. The van der Waals surface area contributed by atoms with Gasteiger partial charge < -0.3 is 10.1 Å². The van der Waals surface area contributed by atoms with Crippen molar-refractivity contribution in [2.45, 2.75) is 19.9 Å². The van der Waals surface area contributed by atoms with Gasteiger partial charge in [-0.2, -0.15) is 0 Å². The largest absolute Gasteiger partial charge is 0.447 e. The summed E-state index contributed by atoms with van der Waals surface area (Å²) in [5, 5.41) is 5.11. The van der Waals surface area contributed by atoms with E-state index in [1.54, 1.807) is 29.5 Å². The summed E-state index contributed by atoms with van der Waals surface area (Å²) < 4.78 is 4.95. The van der Waals surface area contributed by atoms with Crippen molar-refractivity contribution < 1.29 is 14.3 Å². The molecule has 0 saturated carbocycles. The van der Waals surface area contributed by atoms with Crippen molar-refractivity contribution in [3.05, 3.63) is 52.2 Å². The fourth-order valence-electron chi connectivity index (χ4n) is 2.70. The first-order chi connectivity index (χ1) is 11.6. The van der Waals surface area contributed by atoms with Gasteiger partial charge in [0.05, 0.1) is 12.6 Å². The number of thiophene rings is 1. The first kappa shape index (κ1) is 16.5. The van der Waals surface area contributed by atoms with Gasteiger partial charge in [-0.15, -0.1) is 11.3 Å². The lowest BCUT2D eigenvalue weighted by Gasteiger charge is -2.21. The molecule has 3 rings (SSSR count). The lowest BCUT2D eigenvalue weighted by molar-refractivity contribution is 0.0926. The molecule has 2 amide bonds. The van der Waals surface area contributed by atoms with Crippen LogP contribution in [0.15, 0.2) is 41.8 Å². The van der Waals surface area contributed by atoms with Crippen molar-refractivity contribution in [1.29, 1.82) is 0 Å². The van der Waals surface area contributed by atoms with E-state index in [1.807, 2.05) is 23.6 Å². The van der Waals surface area contributed by atoms with Crippen molar-refractivity contribution in [3.63, 3.8) is 0 Å². The summed E-state index contributed by atoms with van der Waals surface area (Å²) in [5.41, 5.74) is 1.22. The van der Waals surface area contributed by atoms with Crippen LogP contribution in [0, 0.1) is 5.92 Å². The van der Waals surface area contributed by atoms with Crippen LogP contribution < -0.4 is 10.2 Å². The molecule has 1 fully saturated rings. The molecule has 0 radical (unpaired) electrons. The zero-order valence-electron chi connectivity index (χ0n) is 13.7. The fraction of sp³-hybridized carbons (Fsp3) is 0.333. The summed E-state index contributed by atoms with van der Waals surface area (Å²) in [7, 11) is 0. The molecule has 1 aliphatic rings. The van der Waals surface area contributed by atoms with Gasteiger partial charge in [0.25, 0.3) is 5.91 Å². The van der Waals surface area contributed by atoms with Crippen LogP contribution in [0.25, 0.3) is 0 Å². The zero-order chi connectivity index (χ0) is 17.1. The van der Waals surface area contributed by atoms with Crippen LogP contribution >= 0.6 is 11.3 Å². The van der Waals surface area contributed by atoms with Crippen molar-refractivity contribution in [1.82, 2.24) is 5.32 Å². The van der Waals surface area contributed by atoms with Gasteiger partial charge in [0.1, 0.15) is 6.61 Å². The Kier molecular flexibility index (Phi) is 4.85. The number of rotatable bonds is 5. The minimum atomic E-state index is -0.369. The maximum atomic E-state index is 12.7. The number of hydrogen-bond donors (Lipinski definition) is 1. The predicted octanol–water partition coefficient (Wildman–Crippen LogP) is 3.83. The number of nitrogens with zero attached hydrogens (tertiary/aromatic N) is 1. The monoisotopic (exact) mass is 344 g/mol. The van der Waals surface area contributed by atoms with E-state index in [4.69, 9.17) is 4.74 Å². The Morgan fingerprint density at radius 3 is 2.75 bits per heavy atom. The van der Waals surface area contributed by atoms with E-state index in [0.717, 1.165) is 4.88 Å². The van der Waals surface area contributed by atoms with Gasteiger partial charge in [-0.1, -0.05) is 26.0 Å². The molecule has 1 aromatic heterocycles. The Bertz CT molecular complexity index is 728. The molecule has 1 aromatic carbocycles. The molecular formula is C18H20N2O3S. The molecular weight excluding hydrogens is 324 g/mol. The molecule has 0 aliphatic carbocycles. The summed E-state index contributed by atoms with van der Waals surface area (Å²) in [4.78, 5) is 27.0. The van der Waals surface area contributed by atoms with E-state index in [0.29, 0.717) is 24.4 Å². The summed E-state index contributed by atoms with van der Waals surface area (Å²) in [5.74, 6) is 0.140. The molecule has 1 saturated heterocycles. The molecule has 6 heteroatoms. The third kappa shape index (κ3) is 3.43. The fourth-order valence-corrected chi connectivity index (χ4v) is 3.65. The van der Waals surface area contributed by atoms with Gasteiger partial charge in [-0.25, -0.2) is 4.79 Å². The molecule has 2 heterocycles. The minimum Gasteiger partial charge on any atom is -0.447 e. The highest BCUT2D eigenvalue weighted by Gasteiger charge is 2.25. The van der Waals surface area contributed by atoms with Crippen LogP contribution in [0.1, 0.15) is 35.1 Å². The van der Waals surface area contributed by atoms with Crippen LogP contribution in [0.5, 0.6) is 0 Å². The van der Waals surface area contributed by atoms with Gasteiger partial charge in [-0.05, 0) is 35.6 Å². The average Bonchev–Trinajstić information content (AvgIpc) is 3.23. The number of carbonyl (C=O) groups is 2. The maximum Gasteiger partial charge on any atom is 0.414 e. The molecule has 24 heavy (non-hydrogen) atoms. The first-order valence-electron chi connectivity index (χ1n) is 7.95. The van der Waals surface area contributed by atoms with E-state index >= 15 is 0 Å². The highest BCUT2D eigenvalue weighted by atomic mass is 32.1. The number of hydrogen-bond acceptors (Lipinski definition) is 4. The number of benzene rings is 1. The maximum absolute atomic E-state index is 12.7. The van der Waals surface area contributed by atoms with Crippen molar-refractivity contribution in [2.75, 3.05) is 18.1 Å². The lowest BCUT2D eigenvalue weighted by Crippen LogP contribution is -2.31. The SMILES string of the molecule is CC(C)[C@H](NC(=O)c1cccc(N2CCOC2=O)c1)c1cccs1. The number of amides is 2. The number of carbonyl (C=O) groups excluding carboxylic acids is 2. The zero-order valence-corrected chi connectivity index (χ0v) is 14.5. The van der Waals surface area contributed by atoms with E-state index < -0.39 is 0 Å². The summed E-state index contributed by atoms with van der Waals surface area (Å²) in [6, 6.07) is 11.1. The van der Waals surface area contributed by atoms with Crippen molar-refractivity contribution >= 4 is 29.0 Å². The summed E-state index contributed by atoms with van der Waals surface area (Å²) in [6.45, 7) is 5.05. The lowest BCUT2D eigenvalue weighted by atomic mass is 10.0. The summed E-state index contributed by atoms with van der Waals surface area (Å²) >= 11 is 1.64. The van der Waals surface area contributed by atoms with E-state index in [2.05, 4.69) is 19.2 Å². The molecule has 0 bridgehead atoms. The Morgan fingerprint density at radius 1 is 1.29 bits per heavy atom. The molecule has 126 valence electrons. The van der Waals surface area contributed by atoms with Crippen molar-refractivity contribution in [2.24, 2.45) is 5.92 Å².